The van der Waals surface area contributed by atoms with Crippen LogP contribution in [0.25, 0.3) is 0 Å². The lowest BCUT2D eigenvalue weighted by Crippen LogP contribution is -2.21. The van der Waals surface area contributed by atoms with Gasteiger partial charge in [0.2, 0.25) is 0 Å². The number of rotatable bonds is 8. The molecule has 0 fully saturated rings. The van der Waals surface area contributed by atoms with Crippen LogP contribution >= 0.6 is 8.61 Å². The maximum Gasteiger partial charge on any atom is 0.297 e. The summed E-state index contributed by atoms with van der Waals surface area (Å²) in [5.41, 5.74) is 4.70. The van der Waals surface area contributed by atoms with Gasteiger partial charge in [-0.05, 0) is 54.8 Å². The van der Waals surface area contributed by atoms with E-state index in [1.807, 2.05) is 80.6 Å². The molecule has 0 aromatic heterocycles. The van der Waals surface area contributed by atoms with Gasteiger partial charge < -0.3 is 9.47 Å². The smallest absolute Gasteiger partial charge is 0.297 e. The highest BCUT2D eigenvalue weighted by Gasteiger charge is 2.12. The summed E-state index contributed by atoms with van der Waals surface area (Å²) < 4.78 is 24.2. The Morgan fingerprint density at radius 1 is 0.893 bits per heavy atom. The van der Waals surface area contributed by atoms with E-state index in [1.165, 1.54) is 4.78 Å². The molecular weight excluding hydrogens is 371 g/mol. The number of hydrogen-bond acceptors (Lipinski definition) is 4. The lowest BCUT2D eigenvalue weighted by Gasteiger charge is -2.18. The van der Waals surface area contributed by atoms with Crippen molar-refractivity contribution < 1.29 is 14.0 Å². The number of hydrogen-bond donors (Lipinski definition) is 1. The average molecular weight is 394 g/mol. The Kier molecular flexibility index (Phi) is 6.64. The van der Waals surface area contributed by atoms with E-state index in [0.717, 1.165) is 33.8 Å². The Morgan fingerprint density at radius 2 is 1.68 bits per heavy atom. The van der Waals surface area contributed by atoms with Crippen LogP contribution in [0.1, 0.15) is 22.3 Å². The van der Waals surface area contributed by atoms with Crippen LogP contribution in [0.15, 0.2) is 66.7 Å². The van der Waals surface area contributed by atoms with Crippen molar-refractivity contribution in [3.05, 3.63) is 89.0 Å². The Hall–Kier alpha value is -2.88. The first kappa shape index (κ1) is 19.9. The van der Waals surface area contributed by atoms with Gasteiger partial charge in [0.05, 0.1) is 5.69 Å². The van der Waals surface area contributed by atoms with Gasteiger partial charge in [0.1, 0.15) is 24.7 Å². The number of anilines is 1. The van der Waals surface area contributed by atoms with Crippen LogP contribution in [0, 0.1) is 13.8 Å². The lowest BCUT2D eigenvalue weighted by atomic mass is 10.1. The average Bonchev–Trinajstić information content (AvgIpc) is 2.72. The summed E-state index contributed by atoms with van der Waals surface area (Å²) in [5.74, 6) is 7.36. The van der Waals surface area contributed by atoms with E-state index < -0.39 is 0 Å². The molecule has 28 heavy (non-hydrogen) atoms. The molecule has 0 aliphatic carbocycles. The molecule has 0 atom stereocenters. The van der Waals surface area contributed by atoms with Crippen LogP contribution in [0.5, 0.6) is 11.5 Å². The zero-order valence-corrected chi connectivity index (χ0v) is 16.9. The third-order valence-corrected chi connectivity index (χ3v) is 4.88. The molecule has 5 nitrogen and oxygen atoms in total. The first-order chi connectivity index (χ1) is 13.6. The SMILES string of the molecule is Cc1cc(OCc2ccccc2)ccc1OCc1c(C)cccc1N(N)P=O. The molecule has 0 bridgehead atoms. The maximum absolute atomic E-state index is 11.1. The Morgan fingerprint density at radius 3 is 2.39 bits per heavy atom. The van der Waals surface area contributed by atoms with Crippen LogP contribution in [0.2, 0.25) is 0 Å². The molecule has 0 unspecified atom stereocenters. The van der Waals surface area contributed by atoms with E-state index in [-0.39, 0.29) is 8.61 Å². The molecule has 0 saturated heterocycles. The first-order valence-electron chi connectivity index (χ1n) is 8.95. The van der Waals surface area contributed by atoms with Crippen LogP contribution in [-0.4, -0.2) is 0 Å². The molecule has 3 aromatic rings. The van der Waals surface area contributed by atoms with Crippen LogP contribution < -0.4 is 20.1 Å². The number of hydrazine groups is 1. The first-order valence-corrected chi connectivity index (χ1v) is 9.71. The van der Waals surface area contributed by atoms with Gasteiger partial charge >= 0.3 is 0 Å². The minimum Gasteiger partial charge on any atom is -0.489 e. The highest BCUT2D eigenvalue weighted by molar-refractivity contribution is 7.25. The Bertz CT molecular complexity index is 948. The molecule has 6 heteroatoms. The van der Waals surface area contributed by atoms with Crippen LogP contribution in [0.4, 0.5) is 5.69 Å². The summed E-state index contributed by atoms with van der Waals surface area (Å²) in [7, 11) is -0.267. The van der Waals surface area contributed by atoms with Gasteiger partial charge in [0.15, 0.2) is 0 Å². The van der Waals surface area contributed by atoms with Crippen molar-refractivity contribution in [2.24, 2.45) is 5.84 Å². The third-order valence-electron chi connectivity index (χ3n) is 4.49. The second kappa shape index (κ2) is 9.36. The molecule has 0 spiro atoms. The largest absolute Gasteiger partial charge is 0.489 e. The summed E-state index contributed by atoms with van der Waals surface area (Å²) in [5, 5.41) is 0. The van der Waals surface area contributed by atoms with Crippen molar-refractivity contribution in [2.75, 3.05) is 4.78 Å². The van der Waals surface area contributed by atoms with Gasteiger partial charge in [-0.25, -0.2) is 15.2 Å². The summed E-state index contributed by atoms with van der Waals surface area (Å²) in [6.07, 6.45) is 0. The summed E-state index contributed by atoms with van der Waals surface area (Å²) in [4.78, 5) is 0. The molecule has 0 heterocycles. The van der Waals surface area contributed by atoms with Crippen molar-refractivity contribution in [1.29, 1.82) is 0 Å². The van der Waals surface area contributed by atoms with Crippen LogP contribution in [0.3, 0.4) is 0 Å². The zero-order chi connectivity index (χ0) is 19.9. The number of aryl methyl sites for hydroxylation is 2. The van der Waals surface area contributed by atoms with Gasteiger partial charge in [0, 0.05) is 5.56 Å². The maximum atomic E-state index is 11.1. The van der Waals surface area contributed by atoms with Crippen molar-refractivity contribution in [3.63, 3.8) is 0 Å². The van der Waals surface area contributed by atoms with E-state index in [4.69, 9.17) is 15.3 Å². The van der Waals surface area contributed by atoms with Crippen LogP contribution in [-0.2, 0) is 17.8 Å². The van der Waals surface area contributed by atoms with E-state index >= 15 is 0 Å². The highest BCUT2D eigenvalue weighted by Crippen LogP contribution is 2.29. The second-order valence-corrected chi connectivity index (χ2v) is 7.08. The molecule has 144 valence electrons. The summed E-state index contributed by atoms with van der Waals surface area (Å²) in [6, 6.07) is 21.5. The fraction of sp³-hybridized carbons (Fsp3) is 0.182. The fourth-order valence-corrected chi connectivity index (χ4v) is 3.17. The molecule has 0 aliphatic heterocycles. The predicted molar refractivity (Wildman–Crippen MR) is 112 cm³/mol. The molecule has 3 aromatic carbocycles. The second-order valence-electron chi connectivity index (χ2n) is 6.49. The monoisotopic (exact) mass is 394 g/mol. The van der Waals surface area contributed by atoms with E-state index in [9.17, 15) is 4.57 Å². The van der Waals surface area contributed by atoms with Gasteiger partial charge in [0.25, 0.3) is 8.61 Å². The molecule has 2 N–H and O–H groups in total. The van der Waals surface area contributed by atoms with Gasteiger partial charge in [-0.1, -0.05) is 42.5 Å². The van der Waals surface area contributed by atoms with Gasteiger partial charge in [-0.15, -0.1) is 0 Å². The summed E-state index contributed by atoms with van der Waals surface area (Å²) >= 11 is 0. The van der Waals surface area contributed by atoms with Crippen molar-refractivity contribution in [1.82, 2.24) is 0 Å². The number of nitrogens with two attached hydrogens (primary N) is 1. The van der Waals surface area contributed by atoms with E-state index in [2.05, 4.69) is 0 Å². The molecule has 0 aliphatic rings. The topological polar surface area (TPSA) is 64.8 Å². The normalized spacial score (nSPS) is 10.7. The number of ether oxygens (including phenoxy) is 2. The van der Waals surface area contributed by atoms with Crippen molar-refractivity contribution >= 4 is 14.3 Å². The highest BCUT2D eigenvalue weighted by atomic mass is 31.1. The quantitative estimate of drug-likeness (QED) is 0.317. The summed E-state index contributed by atoms with van der Waals surface area (Å²) in [6.45, 7) is 4.81. The van der Waals surface area contributed by atoms with Gasteiger partial charge in [-0.3, -0.25) is 0 Å². The molecule has 0 saturated carbocycles. The number of nitrogens with zero attached hydrogens (tertiary/aromatic N) is 1. The minimum absolute atomic E-state index is 0.267. The fourth-order valence-electron chi connectivity index (χ4n) is 2.90. The lowest BCUT2D eigenvalue weighted by molar-refractivity contribution is 0.295. The molecule has 0 amide bonds. The molecule has 3 rings (SSSR count). The van der Waals surface area contributed by atoms with Gasteiger partial charge in [-0.2, -0.15) is 0 Å². The Balaban J connectivity index is 1.68. The molecule has 0 radical (unpaired) electrons. The van der Waals surface area contributed by atoms with E-state index in [0.29, 0.717) is 18.9 Å². The number of benzene rings is 3. The van der Waals surface area contributed by atoms with Crippen molar-refractivity contribution in [3.8, 4) is 11.5 Å². The molecular formula is C22H23N2O3P. The van der Waals surface area contributed by atoms with Crippen molar-refractivity contribution in [2.45, 2.75) is 27.1 Å². The zero-order valence-electron chi connectivity index (χ0n) is 16.0. The Labute approximate surface area is 166 Å². The third kappa shape index (κ3) is 4.89. The minimum atomic E-state index is -0.267. The van der Waals surface area contributed by atoms with E-state index in [1.54, 1.807) is 0 Å². The standard InChI is InChI=1S/C22H23N2O3P/c1-16-7-6-10-21(24(23)28-25)20(16)15-27-22-12-11-19(13-17(22)2)26-14-18-8-4-3-5-9-18/h3-13H,14-15,23H2,1-2H3. The predicted octanol–water partition coefficient (Wildman–Crippen LogP) is 5.35.